The predicted molar refractivity (Wildman–Crippen MR) is 216 cm³/mol. The van der Waals surface area contributed by atoms with Gasteiger partial charge in [0.1, 0.15) is 28.6 Å². The smallest absolute Gasteiger partial charge is 0.343 e. The Labute approximate surface area is 345 Å². The van der Waals surface area contributed by atoms with Gasteiger partial charge in [-0.3, -0.25) is 0 Å². The Morgan fingerprint density at radius 2 is 1.14 bits per heavy atom. The van der Waals surface area contributed by atoms with Gasteiger partial charge in [0, 0.05) is 22.0 Å². The topological polar surface area (TPSA) is 146 Å². The van der Waals surface area contributed by atoms with Gasteiger partial charge in [0.25, 0.3) is 0 Å². The molecule has 0 aromatic heterocycles. The molecule has 12 heteroatoms. The van der Waals surface area contributed by atoms with Gasteiger partial charge in [-0.2, -0.15) is 10.5 Å². The zero-order valence-corrected chi connectivity index (χ0v) is 33.7. The highest BCUT2D eigenvalue weighted by atomic mass is 16.5. The number of hydrogen-bond acceptors (Lipinski definition) is 10. The maximum atomic E-state index is 13.7. The van der Waals surface area contributed by atoms with Gasteiger partial charge in [-0.25, -0.2) is 19.3 Å². The second-order valence-corrected chi connectivity index (χ2v) is 16.9. The zero-order valence-electron chi connectivity index (χ0n) is 33.7. The van der Waals surface area contributed by atoms with Crippen LogP contribution in [-0.4, -0.2) is 51.6 Å². The molecule has 2 bridgehead atoms. The molecule has 1 saturated carbocycles. The number of unbranched alkanes of at least 4 members (excludes halogenated alkanes) is 4. The van der Waals surface area contributed by atoms with Crippen molar-refractivity contribution in [3.8, 4) is 35.1 Å². The third kappa shape index (κ3) is 8.76. The van der Waals surface area contributed by atoms with E-state index in [2.05, 4.69) is 23.5 Å². The summed E-state index contributed by atoms with van der Waals surface area (Å²) in [6.45, 7) is 24.1. The van der Waals surface area contributed by atoms with E-state index in [0.717, 1.165) is 108 Å². The number of benzene rings is 3. The van der Waals surface area contributed by atoms with Gasteiger partial charge in [0.15, 0.2) is 0 Å². The average molecular weight is 797 g/mol. The Morgan fingerprint density at radius 1 is 0.661 bits per heavy atom. The molecule has 2 saturated heterocycles. The highest BCUT2D eigenvalue weighted by molar-refractivity contribution is 6.00. The van der Waals surface area contributed by atoms with Crippen molar-refractivity contribution in [3.63, 3.8) is 0 Å². The van der Waals surface area contributed by atoms with Gasteiger partial charge in [-0.15, -0.1) is 0 Å². The van der Waals surface area contributed by atoms with Crippen molar-refractivity contribution < 1.29 is 38.0 Å². The molecule has 3 fully saturated rings. The van der Waals surface area contributed by atoms with E-state index in [1.807, 2.05) is 12.1 Å². The minimum atomic E-state index is -0.785. The number of nitriles is 2. The Bertz CT molecular complexity index is 2130. The summed E-state index contributed by atoms with van der Waals surface area (Å²) in [6, 6.07) is 13.2. The fraction of sp³-hybridized carbons (Fsp3) is 0.489. The van der Waals surface area contributed by atoms with Crippen LogP contribution in [0.4, 0.5) is 11.4 Å². The molecule has 7 rings (SSSR count). The summed E-state index contributed by atoms with van der Waals surface area (Å²) < 4.78 is 34.4. The van der Waals surface area contributed by atoms with Crippen LogP contribution in [0.1, 0.15) is 139 Å². The number of carbonyl (C=O) groups is 2. The van der Waals surface area contributed by atoms with Crippen LogP contribution in [0.25, 0.3) is 9.69 Å². The molecule has 0 amide bonds. The maximum absolute atomic E-state index is 13.7. The standard InChI is InChI=1S/C47H48N4O8/c1-46(26-54-27-46)19-7-5-9-21-56-36-15-14-33(42(50-3)35(36)25-49)45(53)59-38-18-17-37(40-30-11-12-31(23-30)41(38)40)58-44(52)32-13-16-39(43(51-4)34(32)24-48)57-22-10-6-8-20-47(2)28-55-29-47/h13-18,30-31H,5-12,19-23,26-29H2,1-2H3. The summed E-state index contributed by atoms with van der Waals surface area (Å²) in [5.74, 6) is -0.327. The lowest BCUT2D eigenvalue weighted by Gasteiger charge is -2.38. The van der Waals surface area contributed by atoms with Gasteiger partial charge in [-0.05, 0) is 87.1 Å². The summed E-state index contributed by atoms with van der Waals surface area (Å²) in [5, 5.41) is 20.1. The van der Waals surface area contributed by atoms with Crippen molar-refractivity contribution in [1.82, 2.24) is 0 Å². The number of rotatable bonds is 18. The quantitative estimate of drug-likeness (QED) is 0.0527. The van der Waals surface area contributed by atoms with E-state index < -0.39 is 11.9 Å². The molecule has 2 atom stereocenters. The van der Waals surface area contributed by atoms with Crippen molar-refractivity contribution in [1.29, 1.82) is 10.5 Å². The lowest BCUT2D eigenvalue weighted by molar-refractivity contribution is -0.106. The second-order valence-electron chi connectivity index (χ2n) is 16.9. The summed E-state index contributed by atoms with van der Waals surface area (Å²) in [4.78, 5) is 34.5. The molecular formula is C47H48N4O8. The number of fused-ring (bicyclic) bond motifs is 5. The summed E-state index contributed by atoms with van der Waals surface area (Å²) in [6.07, 6.45) is 10.3. The molecule has 3 aromatic rings. The lowest BCUT2D eigenvalue weighted by Crippen LogP contribution is -2.39. The first-order valence-corrected chi connectivity index (χ1v) is 20.5. The van der Waals surface area contributed by atoms with Crippen molar-refractivity contribution in [2.75, 3.05) is 39.6 Å². The molecule has 59 heavy (non-hydrogen) atoms. The van der Waals surface area contributed by atoms with Crippen LogP contribution in [-0.2, 0) is 9.47 Å². The van der Waals surface area contributed by atoms with Crippen LogP contribution >= 0.6 is 0 Å². The van der Waals surface area contributed by atoms with Crippen molar-refractivity contribution in [2.45, 2.75) is 96.3 Å². The number of hydrogen-bond donors (Lipinski definition) is 0. The van der Waals surface area contributed by atoms with E-state index in [0.29, 0.717) is 24.7 Å². The molecule has 2 aliphatic heterocycles. The Kier molecular flexibility index (Phi) is 12.5. The van der Waals surface area contributed by atoms with Crippen LogP contribution in [0.5, 0.6) is 23.0 Å². The number of esters is 2. The van der Waals surface area contributed by atoms with Gasteiger partial charge < -0.3 is 28.4 Å². The predicted octanol–water partition coefficient (Wildman–Crippen LogP) is 10.3. The van der Waals surface area contributed by atoms with E-state index in [4.69, 9.17) is 41.6 Å². The molecule has 2 aliphatic carbocycles. The van der Waals surface area contributed by atoms with E-state index in [1.54, 1.807) is 12.1 Å². The first-order valence-electron chi connectivity index (χ1n) is 20.5. The summed E-state index contributed by atoms with van der Waals surface area (Å²) >= 11 is 0. The molecule has 304 valence electrons. The first kappa shape index (κ1) is 41.2. The molecule has 4 aliphatic rings. The fourth-order valence-corrected chi connectivity index (χ4v) is 8.81. The normalized spacial score (nSPS) is 18.7. The van der Waals surface area contributed by atoms with Crippen molar-refractivity contribution in [3.05, 3.63) is 92.6 Å². The van der Waals surface area contributed by atoms with Crippen LogP contribution in [0, 0.1) is 46.6 Å². The molecule has 2 heterocycles. The zero-order chi connectivity index (χ0) is 41.6. The summed E-state index contributed by atoms with van der Waals surface area (Å²) in [5.41, 5.74) is 1.67. The molecule has 3 aromatic carbocycles. The number of ether oxygens (including phenoxy) is 6. The van der Waals surface area contributed by atoms with Crippen molar-refractivity contribution >= 4 is 23.3 Å². The number of carbonyl (C=O) groups excluding carboxylic acids is 2. The van der Waals surface area contributed by atoms with Crippen LogP contribution in [0.3, 0.4) is 0 Å². The fourth-order valence-electron chi connectivity index (χ4n) is 8.81. The first-order chi connectivity index (χ1) is 28.6. The van der Waals surface area contributed by atoms with E-state index in [9.17, 15) is 20.1 Å². The van der Waals surface area contributed by atoms with Gasteiger partial charge in [0.05, 0.1) is 81.6 Å². The summed E-state index contributed by atoms with van der Waals surface area (Å²) in [7, 11) is 0. The lowest BCUT2D eigenvalue weighted by atomic mass is 9.83. The molecule has 12 nitrogen and oxygen atoms in total. The average Bonchev–Trinajstić information content (AvgIpc) is 3.85. The van der Waals surface area contributed by atoms with E-state index >= 15 is 0 Å². The molecule has 0 radical (unpaired) electrons. The molecule has 2 unspecified atom stereocenters. The number of nitrogens with zero attached hydrogens (tertiary/aromatic N) is 4. The SMILES string of the molecule is [C-]#[N+]c1c(OCCCCCC2(C)COC2)ccc(C(=O)Oc2ccc(OC(=O)c3ccc(OCCCCCC4(C)COC4)c(C#N)c3[N+]#[C-])c3c2C2CCC3C2)c1C#N. The third-order valence-electron chi connectivity index (χ3n) is 12.2. The highest BCUT2D eigenvalue weighted by Gasteiger charge is 2.42. The Morgan fingerprint density at radius 3 is 1.63 bits per heavy atom. The highest BCUT2D eigenvalue weighted by Crippen LogP contribution is 2.59. The molecule has 0 spiro atoms. The molecular weight excluding hydrogens is 749 g/mol. The Hall–Kier alpha value is -5.92. The second kappa shape index (κ2) is 17.9. The van der Waals surface area contributed by atoms with Crippen LogP contribution in [0.15, 0.2) is 36.4 Å². The monoisotopic (exact) mass is 796 g/mol. The van der Waals surface area contributed by atoms with Gasteiger partial charge in [0.2, 0.25) is 11.4 Å². The van der Waals surface area contributed by atoms with E-state index in [-0.39, 0.29) is 67.8 Å². The van der Waals surface area contributed by atoms with Crippen molar-refractivity contribution in [2.24, 2.45) is 10.8 Å². The Balaban J connectivity index is 1.02. The van der Waals surface area contributed by atoms with Crippen LogP contribution in [0.2, 0.25) is 0 Å². The third-order valence-corrected chi connectivity index (χ3v) is 12.2. The molecule has 0 N–H and O–H groups in total. The maximum Gasteiger partial charge on any atom is 0.343 e. The van der Waals surface area contributed by atoms with Gasteiger partial charge in [-0.1, -0.05) is 45.6 Å². The minimum absolute atomic E-state index is 0.0157. The van der Waals surface area contributed by atoms with Gasteiger partial charge >= 0.3 is 11.9 Å². The largest absolute Gasteiger partial charge is 0.505 e. The van der Waals surface area contributed by atoms with E-state index in [1.165, 1.54) is 24.3 Å². The van der Waals surface area contributed by atoms with Crippen LogP contribution < -0.4 is 18.9 Å². The minimum Gasteiger partial charge on any atom is -0.505 e.